The fourth-order valence-electron chi connectivity index (χ4n) is 2.00. The molecule has 4 heteroatoms. The van der Waals surface area contributed by atoms with Crippen LogP contribution < -0.4 is 5.32 Å². The molecule has 2 heterocycles. The van der Waals surface area contributed by atoms with Crippen LogP contribution in [0.15, 0.2) is 18.3 Å². The van der Waals surface area contributed by atoms with Crippen molar-refractivity contribution in [3.63, 3.8) is 0 Å². The van der Waals surface area contributed by atoms with E-state index in [1.165, 1.54) is 0 Å². The lowest BCUT2D eigenvalue weighted by atomic mass is 10.1. The molecule has 0 bridgehead atoms. The summed E-state index contributed by atoms with van der Waals surface area (Å²) >= 11 is 0. The van der Waals surface area contributed by atoms with E-state index in [1.54, 1.807) is 6.20 Å². The van der Waals surface area contributed by atoms with Crippen molar-refractivity contribution >= 4 is 5.91 Å². The SMILES string of the molecule is Cc1ncccc1C(=O)N1CCN[C@@H](C)C1. The molecule has 1 fully saturated rings. The van der Waals surface area contributed by atoms with Crippen LogP contribution in [0.1, 0.15) is 23.0 Å². The summed E-state index contributed by atoms with van der Waals surface area (Å²) < 4.78 is 0. The van der Waals surface area contributed by atoms with Crippen molar-refractivity contribution in [1.82, 2.24) is 15.2 Å². The van der Waals surface area contributed by atoms with E-state index in [-0.39, 0.29) is 5.91 Å². The molecule has 16 heavy (non-hydrogen) atoms. The molecule has 2 rings (SSSR count). The van der Waals surface area contributed by atoms with Gasteiger partial charge in [0.15, 0.2) is 0 Å². The van der Waals surface area contributed by atoms with Crippen molar-refractivity contribution in [3.05, 3.63) is 29.6 Å². The van der Waals surface area contributed by atoms with E-state index < -0.39 is 0 Å². The highest BCUT2D eigenvalue weighted by atomic mass is 16.2. The number of carbonyl (C=O) groups is 1. The number of rotatable bonds is 1. The summed E-state index contributed by atoms with van der Waals surface area (Å²) in [7, 11) is 0. The molecular formula is C12H17N3O. The Labute approximate surface area is 95.7 Å². The molecule has 0 saturated carbocycles. The predicted octanol–water partition coefficient (Wildman–Crippen LogP) is 0.824. The molecule has 0 unspecified atom stereocenters. The Morgan fingerprint density at radius 3 is 3.12 bits per heavy atom. The summed E-state index contributed by atoms with van der Waals surface area (Å²) in [6.45, 7) is 6.38. The zero-order chi connectivity index (χ0) is 11.5. The topological polar surface area (TPSA) is 45.2 Å². The lowest BCUT2D eigenvalue weighted by molar-refractivity contribution is 0.0708. The van der Waals surface area contributed by atoms with Crippen LogP contribution in [0.3, 0.4) is 0 Å². The number of nitrogens with one attached hydrogen (secondary N) is 1. The van der Waals surface area contributed by atoms with Crippen LogP contribution in [-0.4, -0.2) is 41.5 Å². The minimum atomic E-state index is 0.0963. The summed E-state index contributed by atoms with van der Waals surface area (Å²) in [5.74, 6) is 0.0963. The quantitative estimate of drug-likeness (QED) is 0.760. The van der Waals surface area contributed by atoms with Crippen molar-refractivity contribution < 1.29 is 4.79 Å². The number of nitrogens with zero attached hydrogens (tertiary/aromatic N) is 2. The minimum absolute atomic E-state index is 0.0963. The monoisotopic (exact) mass is 219 g/mol. The van der Waals surface area contributed by atoms with Gasteiger partial charge >= 0.3 is 0 Å². The molecule has 1 N–H and O–H groups in total. The Bertz CT molecular complexity index is 392. The van der Waals surface area contributed by atoms with Crippen LogP contribution in [-0.2, 0) is 0 Å². The van der Waals surface area contributed by atoms with Crippen LogP contribution in [0.4, 0.5) is 0 Å². The third-order valence-electron chi connectivity index (χ3n) is 2.89. The number of amides is 1. The molecule has 1 aromatic heterocycles. The van der Waals surface area contributed by atoms with Gasteiger partial charge in [0.05, 0.1) is 5.56 Å². The third-order valence-corrected chi connectivity index (χ3v) is 2.89. The van der Waals surface area contributed by atoms with Gasteiger partial charge in [-0.15, -0.1) is 0 Å². The molecule has 0 aromatic carbocycles. The lowest BCUT2D eigenvalue weighted by Crippen LogP contribution is -2.51. The summed E-state index contributed by atoms with van der Waals surface area (Å²) in [5, 5.41) is 3.32. The number of piperazine rings is 1. The van der Waals surface area contributed by atoms with E-state index in [9.17, 15) is 4.79 Å². The Balaban J connectivity index is 2.16. The number of aromatic nitrogens is 1. The molecule has 1 aromatic rings. The van der Waals surface area contributed by atoms with Gasteiger partial charge < -0.3 is 10.2 Å². The van der Waals surface area contributed by atoms with Crippen LogP contribution in [0.25, 0.3) is 0 Å². The summed E-state index contributed by atoms with van der Waals surface area (Å²) in [5.41, 5.74) is 1.52. The highest BCUT2D eigenvalue weighted by Crippen LogP contribution is 2.10. The zero-order valence-corrected chi connectivity index (χ0v) is 9.73. The van der Waals surface area contributed by atoms with Crippen LogP contribution >= 0.6 is 0 Å². The zero-order valence-electron chi connectivity index (χ0n) is 9.73. The molecule has 0 spiro atoms. The minimum Gasteiger partial charge on any atom is -0.336 e. The first-order valence-corrected chi connectivity index (χ1v) is 5.63. The second-order valence-electron chi connectivity index (χ2n) is 4.24. The normalized spacial score (nSPS) is 20.9. The highest BCUT2D eigenvalue weighted by molar-refractivity contribution is 5.95. The van der Waals surface area contributed by atoms with E-state index >= 15 is 0 Å². The molecule has 1 aliphatic rings. The molecular weight excluding hydrogens is 202 g/mol. The Hall–Kier alpha value is -1.42. The van der Waals surface area contributed by atoms with Crippen molar-refractivity contribution in [3.8, 4) is 0 Å². The van der Waals surface area contributed by atoms with Crippen molar-refractivity contribution in [1.29, 1.82) is 0 Å². The van der Waals surface area contributed by atoms with Gasteiger partial charge in [-0.25, -0.2) is 0 Å². The van der Waals surface area contributed by atoms with E-state index in [4.69, 9.17) is 0 Å². The average Bonchev–Trinajstić information content (AvgIpc) is 2.29. The van der Waals surface area contributed by atoms with Gasteiger partial charge in [-0.3, -0.25) is 9.78 Å². The Morgan fingerprint density at radius 2 is 2.44 bits per heavy atom. The van der Waals surface area contributed by atoms with Gasteiger partial charge in [0, 0.05) is 37.6 Å². The van der Waals surface area contributed by atoms with Crippen LogP contribution in [0.2, 0.25) is 0 Å². The average molecular weight is 219 g/mol. The van der Waals surface area contributed by atoms with Crippen LogP contribution in [0, 0.1) is 6.92 Å². The molecule has 4 nitrogen and oxygen atoms in total. The predicted molar refractivity (Wildman–Crippen MR) is 62.3 cm³/mol. The third kappa shape index (κ3) is 2.22. The molecule has 1 atom stereocenters. The summed E-state index contributed by atoms with van der Waals surface area (Å²) in [6.07, 6.45) is 1.71. The first-order valence-electron chi connectivity index (χ1n) is 5.63. The molecule has 0 radical (unpaired) electrons. The number of carbonyl (C=O) groups excluding carboxylic acids is 1. The molecule has 86 valence electrons. The fourth-order valence-corrected chi connectivity index (χ4v) is 2.00. The van der Waals surface area contributed by atoms with E-state index in [2.05, 4.69) is 17.2 Å². The number of aryl methyl sites for hydroxylation is 1. The maximum atomic E-state index is 12.2. The van der Waals surface area contributed by atoms with Crippen molar-refractivity contribution in [2.45, 2.75) is 19.9 Å². The number of hydrogen-bond donors (Lipinski definition) is 1. The second-order valence-corrected chi connectivity index (χ2v) is 4.24. The smallest absolute Gasteiger partial charge is 0.255 e. The second kappa shape index (κ2) is 4.61. The van der Waals surface area contributed by atoms with Gasteiger partial charge in [0.1, 0.15) is 0 Å². The van der Waals surface area contributed by atoms with Gasteiger partial charge in [0.25, 0.3) is 5.91 Å². The number of pyridine rings is 1. The maximum absolute atomic E-state index is 12.2. The van der Waals surface area contributed by atoms with Crippen molar-refractivity contribution in [2.75, 3.05) is 19.6 Å². The largest absolute Gasteiger partial charge is 0.336 e. The summed E-state index contributed by atoms with van der Waals surface area (Å²) in [4.78, 5) is 18.3. The molecule has 1 saturated heterocycles. The van der Waals surface area contributed by atoms with E-state index in [0.29, 0.717) is 6.04 Å². The van der Waals surface area contributed by atoms with E-state index in [0.717, 1.165) is 30.9 Å². The highest BCUT2D eigenvalue weighted by Gasteiger charge is 2.22. The van der Waals surface area contributed by atoms with Crippen molar-refractivity contribution in [2.24, 2.45) is 0 Å². The molecule has 0 aliphatic carbocycles. The van der Waals surface area contributed by atoms with Crippen LogP contribution in [0.5, 0.6) is 0 Å². The molecule has 1 amide bonds. The molecule has 1 aliphatic heterocycles. The Morgan fingerprint density at radius 1 is 1.62 bits per heavy atom. The standard InChI is InChI=1S/C12H17N3O/c1-9-8-15(7-6-13-9)12(16)11-4-3-5-14-10(11)2/h3-5,9,13H,6-8H2,1-2H3/t9-/m0/s1. The van der Waals surface area contributed by atoms with Gasteiger partial charge in [-0.1, -0.05) is 0 Å². The van der Waals surface area contributed by atoms with Gasteiger partial charge in [-0.05, 0) is 26.0 Å². The number of hydrogen-bond acceptors (Lipinski definition) is 3. The van der Waals surface area contributed by atoms with E-state index in [1.807, 2.05) is 24.0 Å². The summed E-state index contributed by atoms with van der Waals surface area (Å²) in [6, 6.07) is 4.03. The lowest BCUT2D eigenvalue weighted by Gasteiger charge is -2.32. The maximum Gasteiger partial charge on any atom is 0.255 e. The van der Waals surface area contributed by atoms with Gasteiger partial charge in [0.2, 0.25) is 0 Å². The first-order chi connectivity index (χ1) is 7.68. The Kier molecular flexibility index (Phi) is 3.19. The van der Waals surface area contributed by atoms with Gasteiger partial charge in [-0.2, -0.15) is 0 Å². The fraction of sp³-hybridized carbons (Fsp3) is 0.500. The first kappa shape index (κ1) is 11.1.